The van der Waals surface area contributed by atoms with Gasteiger partial charge >= 0.3 is 11.7 Å². The molecule has 1 aliphatic heterocycles. The molecule has 1 aromatic carbocycles. The molecule has 3 rings (SSSR count). The van der Waals surface area contributed by atoms with Crippen LogP contribution in [0, 0.1) is 0 Å². The lowest BCUT2D eigenvalue weighted by Crippen LogP contribution is -2.46. The summed E-state index contributed by atoms with van der Waals surface area (Å²) in [4.78, 5) is 39.9. The van der Waals surface area contributed by atoms with Crippen LogP contribution in [0.3, 0.4) is 0 Å². The van der Waals surface area contributed by atoms with Crippen LogP contribution in [0.15, 0.2) is 57.3 Å². The van der Waals surface area contributed by atoms with Gasteiger partial charge in [-0.2, -0.15) is 0 Å². The highest BCUT2D eigenvalue weighted by atomic mass is 16.2. The average molecular weight is 369 g/mol. The van der Waals surface area contributed by atoms with Gasteiger partial charge in [-0.15, -0.1) is 0 Å². The Morgan fingerprint density at radius 3 is 2.67 bits per heavy atom. The Balaban J connectivity index is 1.95. The number of hydrogen-bond acceptors (Lipinski definition) is 5. The van der Waals surface area contributed by atoms with Gasteiger partial charge in [0.2, 0.25) is 0 Å². The van der Waals surface area contributed by atoms with E-state index in [1.807, 2.05) is 37.3 Å². The number of amides is 2. The van der Waals surface area contributed by atoms with Crippen molar-refractivity contribution < 1.29 is 9.39 Å². The second-order valence-corrected chi connectivity index (χ2v) is 6.18. The monoisotopic (exact) mass is 369 g/mol. The zero-order valence-corrected chi connectivity index (χ0v) is 14.9. The van der Waals surface area contributed by atoms with Gasteiger partial charge in [0.1, 0.15) is 18.6 Å². The van der Waals surface area contributed by atoms with Crippen LogP contribution in [0.4, 0.5) is 16.3 Å². The van der Waals surface area contributed by atoms with Gasteiger partial charge in [0, 0.05) is 18.2 Å². The highest BCUT2D eigenvalue weighted by molar-refractivity contribution is 5.88. The standard InChI is InChI=1S/C18H20N6O3/c1-2-10-23-16(25)14(15(19)22-17(23)26)21-18(27)24(11-6-9-20-24)12-13-7-4-3-5-8-13/h3-9,11H,2,10,12H2,1H3,(H3-,19,21,22,25,26,27)/p+1. The number of benzene rings is 1. The number of anilines is 2. The second-order valence-electron chi connectivity index (χ2n) is 6.18. The molecule has 2 heterocycles. The molecule has 1 aliphatic rings. The Bertz CT molecular complexity index is 1010. The smallest absolute Gasteiger partial charge is 0.383 e. The number of carbonyl (C=O) groups excluding carboxylic acids is 1. The van der Waals surface area contributed by atoms with Crippen LogP contribution >= 0.6 is 0 Å². The number of aromatic nitrogens is 2. The number of urea groups is 1. The van der Waals surface area contributed by atoms with Gasteiger partial charge in [0.05, 0.1) is 6.21 Å². The topological polar surface area (TPSA) is 122 Å². The Morgan fingerprint density at radius 1 is 1.30 bits per heavy atom. The second kappa shape index (κ2) is 7.42. The Morgan fingerprint density at radius 2 is 2.04 bits per heavy atom. The summed E-state index contributed by atoms with van der Waals surface area (Å²) in [5, 5.41) is 6.81. The molecule has 0 saturated heterocycles. The molecule has 1 atom stereocenters. The van der Waals surface area contributed by atoms with E-state index in [4.69, 9.17) is 5.73 Å². The summed E-state index contributed by atoms with van der Waals surface area (Å²) < 4.78 is 0.617. The number of nitrogens with zero attached hydrogens (tertiary/aromatic N) is 3. The number of quaternary nitrogens is 1. The fourth-order valence-electron chi connectivity index (χ4n) is 2.86. The number of carbonyl (C=O) groups is 1. The SMILES string of the molecule is CCCn1c(=O)[nH]c(N)c(NC(=O)[N+]2(Cc3ccccc3)C=CC=N2)c1=O. The summed E-state index contributed by atoms with van der Waals surface area (Å²) in [5.41, 5.74) is 5.27. The van der Waals surface area contributed by atoms with Crippen LogP contribution in [-0.4, -0.2) is 26.4 Å². The number of aromatic amines is 1. The van der Waals surface area contributed by atoms with Gasteiger partial charge < -0.3 is 5.73 Å². The molecule has 9 heteroatoms. The maximum Gasteiger partial charge on any atom is 0.452 e. The quantitative estimate of drug-likeness (QED) is 0.693. The van der Waals surface area contributed by atoms with Crippen LogP contribution in [0.1, 0.15) is 18.9 Å². The molecule has 27 heavy (non-hydrogen) atoms. The van der Waals surface area contributed by atoms with E-state index in [9.17, 15) is 14.4 Å². The van der Waals surface area contributed by atoms with Crippen molar-refractivity contribution in [2.45, 2.75) is 26.4 Å². The van der Waals surface area contributed by atoms with Crippen molar-refractivity contribution >= 4 is 23.8 Å². The Kier molecular flexibility index (Phi) is 5.04. The summed E-state index contributed by atoms with van der Waals surface area (Å²) in [5.74, 6) is -0.185. The molecule has 9 nitrogen and oxygen atoms in total. The van der Waals surface area contributed by atoms with Crippen molar-refractivity contribution in [2.75, 3.05) is 11.1 Å². The molecule has 0 aliphatic carbocycles. The molecule has 0 fully saturated rings. The normalized spacial score (nSPS) is 18.0. The minimum absolute atomic E-state index is 0.158. The summed E-state index contributed by atoms with van der Waals surface area (Å²) in [6, 6.07) is 8.85. The van der Waals surface area contributed by atoms with Crippen molar-refractivity contribution in [3.05, 3.63) is 69.0 Å². The van der Waals surface area contributed by atoms with Crippen molar-refractivity contribution in [3.63, 3.8) is 0 Å². The van der Waals surface area contributed by atoms with Gasteiger partial charge in [-0.1, -0.05) is 46.9 Å². The van der Waals surface area contributed by atoms with Crippen molar-refractivity contribution in [2.24, 2.45) is 5.10 Å². The first-order valence-electron chi connectivity index (χ1n) is 8.56. The van der Waals surface area contributed by atoms with E-state index >= 15 is 0 Å². The van der Waals surface area contributed by atoms with Gasteiger partial charge in [-0.05, 0) is 6.42 Å². The number of hydrogen-bond donors (Lipinski definition) is 3. The minimum Gasteiger partial charge on any atom is -0.383 e. The molecule has 0 saturated carbocycles. The van der Waals surface area contributed by atoms with E-state index in [0.717, 1.165) is 10.1 Å². The first kappa shape index (κ1) is 18.3. The van der Waals surface area contributed by atoms with Crippen molar-refractivity contribution in [1.29, 1.82) is 0 Å². The van der Waals surface area contributed by atoms with Gasteiger partial charge in [0.25, 0.3) is 5.56 Å². The highest BCUT2D eigenvalue weighted by Crippen LogP contribution is 2.22. The van der Waals surface area contributed by atoms with Crippen molar-refractivity contribution in [3.8, 4) is 0 Å². The Labute approximate surface area is 155 Å². The predicted octanol–water partition coefficient (Wildman–Crippen LogP) is 1.59. The molecular weight excluding hydrogens is 348 g/mol. The number of nitrogen functional groups attached to an aromatic ring is 1. The first-order valence-corrected chi connectivity index (χ1v) is 8.56. The van der Waals surface area contributed by atoms with Gasteiger partial charge in [-0.25, -0.2) is 9.59 Å². The maximum absolute atomic E-state index is 13.0. The third-order valence-corrected chi connectivity index (χ3v) is 4.20. The van der Waals surface area contributed by atoms with E-state index in [1.54, 1.807) is 12.3 Å². The van der Waals surface area contributed by atoms with E-state index in [2.05, 4.69) is 15.4 Å². The molecule has 140 valence electrons. The molecule has 2 aromatic rings. The number of allylic oxidation sites excluding steroid dienone is 1. The third kappa shape index (κ3) is 3.58. The number of nitrogens with one attached hydrogen (secondary N) is 2. The molecule has 2 amide bonds. The van der Waals surface area contributed by atoms with Crippen LogP contribution in [0.25, 0.3) is 0 Å². The lowest BCUT2D eigenvalue weighted by molar-refractivity contribution is -0.813. The lowest BCUT2D eigenvalue weighted by atomic mass is 10.2. The van der Waals surface area contributed by atoms with Gasteiger partial charge in [0.15, 0.2) is 5.69 Å². The minimum atomic E-state index is -0.642. The van der Waals surface area contributed by atoms with Crippen LogP contribution in [0.2, 0.25) is 0 Å². The first-order chi connectivity index (χ1) is 13.0. The summed E-state index contributed by atoms with van der Waals surface area (Å²) in [6.45, 7) is 2.33. The zero-order valence-electron chi connectivity index (χ0n) is 14.9. The molecule has 1 unspecified atom stereocenters. The van der Waals surface area contributed by atoms with Crippen molar-refractivity contribution in [1.82, 2.24) is 9.55 Å². The number of H-pyrrole nitrogens is 1. The lowest BCUT2D eigenvalue weighted by Gasteiger charge is -2.23. The fourth-order valence-corrected chi connectivity index (χ4v) is 2.86. The fraction of sp³-hybridized carbons (Fsp3) is 0.222. The van der Waals surface area contributed by atoms with Crippen LogP contribution < -0.4 is 22.3 Å². The molecule has 1 aromatic heterocycles. The van der Waals surface area contributed by atoms with Crippen LogP contribution in [0.5, 0.6) is 0 Å². The van der Waals surface area contributed by atoms with Crippen LogP contribution in [-0.2, 0) is 13.1 Å². The molecule has 4 N–H and O–H groups in total. The summed E-state index contributed by atoms with van der Waals surface area (Å²) in [6.07, 6.45) is 5.39. The Hall–Kier alpha value is -3.46. The largest absolute Gasteiger partial charge is 0.452 e. The van der Waals surface area contributed by atoms with E-state index in [1.165, 1.54) is 6.21 Å². The molecular formula is C18H21N6O3+. The summed E-state index contributed by atoms with van der Waals surface area (Å²) >= 11 is 0. The molecule has 0 bridgehead atoms. The highest BCUT2D eigenvalue weighted by Gasteiger charge is 2.38. The zero-order chi connectivity index (χ0) is 19.4. The summed E-state index contributed by atoms with van der Waals surface area (Å²) in [7, 11) is 0. The molecule has 0 spiro atoms. The predicted molar refractivity (Wildman–Crippen MR) is 103 cm³/mol. The van der Waals surface area contributed by atoms with Gasteiger partial charge in [-0.3, -0.25) is 19.7 Å². The van der Waals surface area contributed by atoms with E-state index in [-0.39, 0.29) is 24.6 Å². The van der Waals surface area contributed by atoms with E-state index in [0.29, 0.717) is 6.42 Å². The molecule has 0 radical (unpaired) electrons. The maximum atomic E-state index is 13.0. The third-order valence-electron chi connectivity index (χ3n) is 4.20. The average Bonchev–Trinajstić information content (AvgIpc) is 3.12. The van der Waals surface area contributed by atoms with E-state index < -0.39 is 21.9 Å². The number of rotatable bonds is 5. The number of nitrogens with two attached hydrogens (primary N) is 1.